The summed E-state index contributed by atoms with van der Waals surface area (Å²) in [6, 6.07) is 24.8. The van der Waals surface area contributed by atoms with Crippen LogP contribution in [0.5, 0.6) is 11.5 Å². The monoisotopic (exact) mass is 700 g/mol. The van der Waals surface area contributed by atoms with Gasteiger partial charge in [0.05, 0.1) is 36.6 Å². The summed E-state index contributed by atoms with van der Waals surface area (Å²) in [5, 5.41) is 10.7. The van der Waals surface area contributed by atoms with Crippen LogP contribution in [-0.4, -0.2) is 69.1 Å². The van der Waals surface area contributed by atoms with Crippen molar-refractivity contribution in [2.45, 2.75) is 36.1 Å². The van der Waals surface area contributed by atoms with Crippen LogP contribution in [0.1, 0.15) is 48.1 Å². The summed E-state index contributed by atoms with van der Waals surface area (Å²) in [5.41, 5.74) is 2.00. The van der Waals surface area contributed by atoms with E-state index in [2.05, 4.69) is 27.0 Å². The van der Waals surface area contributed by atoms with Crippen molar-refractivity contribution in [3.05, 3.63) is 114 Å². The van der Waals surface area contributed by atoms with E-state index in [1.54, 1.807) is 60.7 Å². The van der Waals surface area contributed by atoms with E-state index in [1.807, 2.05) is 24.1 Å². The number of hydrogen-bond donors (Lipinski definition) is 0. The Hall–Kier alpha value is -5.51. The van der Waals surface area contributed by atoms with Crippen LogP contribution in [0, 0.1) is 11.3 Å². The molecule has 2 aliphatic heterocycles. The predicted molar refractivity (Wildman–Crippen MR) is 193 cm³/mol. The summed E-state index contributed by atoms with van der Waals surface area (Å²) in [5.74, 6) is 0.701. The molecule has 2 aromatic heterocycles. The molecular formula is C39H36N6O5S. The van der Waals surface area contributed by atoms with E-state index in [9.17, 15) is 13.7 Å². The first-order valence-corrected chi connectivity index (χ1v) is 18.5. The van der Waals surface area contributed by atoms with E-state index in [0.717, 1.165) is 28.5 Å². The van der Waals surface area contributed by atoms with Gasteiger partial charge in [0.15, 0.2) is 5.54 Å². The van der Waals surface area contributed by atoms with Crippen LogP contribution < -0.4 is 18.7 Å². The summed E-state index contributed by atoms with van der Waals surface area (Å²) >= 11 is 0. The normalized spacial score (nSPS) is 19.2. The van der Waals surface area contributed by atoms with Crippen molar-refractivity contribution in [3.8, 4) is 17.6 Å². The van der Waals surface area contributed by atoms with Gasteiger partial charge in [-0.05, 0) is 80.4 Å². The van der Waals surface area contributed by atoms with E-state index in [-0.39, 0.29) is 16.1 Å². The molecule has 5 aromatic rings. The standard InChI is InChI=1S/C39H36N6O5S/c1-3-50-35-14-12-30(49-2)24-32(35)39(44-20-18-43(19-21-44)29-15-17-41-33(23-29)27-10-11-27)31-22-26(25-40)9-13-34(31)45(38(39)46)51(47,48)36-8-4-6-28-7-5-16-42-37(28)36/h4-9,12-17,22-24,27H,3,10-11,18-21H2,1-2H3. The molecule has 3 aliphatic rings. The van der Waals surface area contributed by atoms with E-state index in [4.69, 9.17) is 9.47 Å². The number of para-hydroxylation sites is 1. The number of ether oxygens (including phenoxy) is 2. The van der Waals surface area contributed by atoms with Crippen molar-refractivity contribution in [1.29, 1.82) is 5.26 Å². The van der Waals surface area contributed by atoms with Gasteiger partial charge in [-0.1, -0.05) is 18.2 Å². The molecule has 1 atom stereocenters. The zero-order chi connectivity index (χ0) is 35.3. The second-order valence-corrected chi connectivity index (χ2v) is 14.7. The average Bonchev–Trinajstić information content (AvgIpc) is 3.99. The maximum atomic E-state index is 15.7. The Bertz CT molecular complexity index is 2330. The third-order valence-corrected chi connectivity index (χ3v) is 11.8. The highest BCUT2D eigenvalue weighted by atomic mass is 32.2. The average molecular weight is 701 g/mol. The number of nitrogens with zero attached hydrogens (tertiary/aromatic N) is 6. The number of sulfonamides is 1. The molecule has 1 saturated carbocycles. The van der Waals surface area contributed by atoms with Crippen molar-refractivity contribution in [1.82, 2.24) is 14.9 Å². The number of amides is 1. The number of rotatable bonds is 9. The molecule has 11 nitrogen and oxygen atoms in total. The number of fused-ring (bicyclic) bond motifs is 2. The van der Waals surface area contributed by atoms with E-state index >= 15 is 4.79 Å². The van der Waals surface area contributed by atoms with E-state index < -0.39 is 21.5 Å². The second kappa shape index (κ2) is 12.7. The van der Waals surface area contributed by atoms with Crippen LogP contribution >= 0.6 is 0 Å². The Morgan fingerprint density at radius 2 is 1.73 bits per heavy atom. The van der Waals surface area contributed by atoms with Crippen LogP contribution in [-0.2, 0) is 20.4 Å². The van der Waals surface area contributed by atoms with Crippen LogP contribution in [0.25, 0.3) is 10.9 Å². The number of benzene rings is 3. The molecule has 4 heterocycles. The third kappa shape index (κ3) is 5.27. The molecule has 1 unspecified atom stereocenters. The highest BCUT2D eigenvalue weighted by molar-refractivity contribution is 7.93. The lowest BCUT2D eigenvalue weighted by atomic mass is 9.80. The smallest absolute Gasteiger partial charge is 0.273 e. The van der Waals surface area contributed by atoms with Gasteiger partial charge in [-0.15, -0.1) is 0 Å². The third-order valence-electron chi connectivity index (χ3n) is 10.1. The van der Waals surface area contributed by atoms with Gasteiger partial charge in [0.25, 0.3) is 15.9 Å². The van der Waals surface area contributed by atoms with E-state index in [1.165, 1.54) is 19.4 Å². The predicted octanol–water partition coefficient (Wildman–Crippen LogP) is 5.59. The zero-order valence-electron chi connectivity index (χ0n) is 28.3. The van der Waals surface area contributed by atoms with Crippen LogP contribution in [0.15, 0.2) is 96.2 Å². The first kappa shape index (κ1) is 32.7. The van der Waals surface area contributed by atoms with Crippen molar-refractivity contribution in [3.63, 3.8) is 0 Å². The van der Waals surface area contributed by atoms with Crippen molar-refractivity contribution >= 4 is 38.2 Å². The minimum Gasteiger partial charge on any atom is -0.497 e. The van der Waals surface area contributed by atoms with Gasteiger partial charge in [0.2, 0.25) is 0 Å². The van der Waals surface area contributed by atoms with Gasteiger partial charge in [0.1, 0.15) is 16.4 Å². The number of nitriles is 1. The van der Waals surface area contributed by atoms with Gasteiger partial charge in [-0.3, -0.25) is 19.7 Å². The zero-order valence-corrected chi connectivity index (χ0v) is 29.1. The molecule has 1 saturated heterocycles. The van der Waals surface area contributed by atoms with Gasteiger partial charge < -0.3 is 14.4 Å². The topological polar surface area (TPSA) is 129 Å². The summed E-state index contributed by atoms with van der Waals surface area (Å²) in [6.45, 7) is 4.07. The fourth-order valence-electron chi connectivity index (χ4n) is 7.54. The summed E-state index contributed by atoms with van der Waals surface area (Å²) < 4.78 is 42.7. The molecule has 3 aromatic carbocycles. The fourth-order valence-corrected chi connectivity index (χ4v) is 9.17. The minimum atomic E-state index is -4.54. The van der Waals surface area contributed by atoms with Gasteiger partial charge in [0, 0.05) is 72.4 Å². The number of aromatic nitrogens is 2. The molecule has 12 heteroatoms. The number of piperazine rings is 1. The molecule has 0 radical (unpaired) electrons. The molecule has 2 fully saturated rings. The van der Waals surface area contributed by atoms with Crippen LogP contribution in [0.4, 0.5) is 11.4 Å². The van der Waals surface area contributed by atoms with Crippen molar-refractivity contribution in [2.24, 2.45) is 0 Å². The fraction of sp³-hybridized carbons (Fsp3) is 0.282. The first-order chi connectivity index (χ1) is 24.8. The molecule has 1 aliphatic carbocycles. The highest BCUT2D eigenvalue weighted by Crippen LogP contribution is 2.54. The SMILES string of the molecule is CCOc1ccc(OC)cc1C1(N2CCN(c3ccnc(C4CC4)c3)CC2)C(=O)N(S(=O)(=O)c2cccc3cccnc23)c2ccc(C#N)cc21. The summed E-state index contributed by atoms with van der Waals surface area (Å²) in [7, 11) is -3.00. The summed E-state index contributed by atoms with van der Waals surface area (Å²) in [6.07, 6.45) is 5.68. The molecule has 0 bridgehead atoms. The Labute approximate surface area is 296 Å². The number of methoxy groups -OCH3 is 1. The lowest BCUT2D eigenvalue weighted by Gasteiger charge is -2.46. The van der Waals surface area contributed by atoms with Crippen molar-refractivity contribution in [2.75, 3.05) is 49.1 Å². The molecule has 0 spiro atoms. The highest BCUT2D eigenvalue weighted by Gasteiger charge is 2.61. The van der Waals surface area contributed by atoms with Crippen molar-refractivity contribution < 1.29 is 22.7 Å². The number of pyridine rings is 2. The number of hydrogen-bond acceptors (Lipinski definition) is 10. The Morgan fingerprint density at radius 1 is 0.922 bits per heavy atom. The maximum absolute atomic E-state index is 15.7. The molecule has 0 N–H and O–H groups in total. The van der Waals surface area contributed by atoms with Crippen LogP contribution in [0.3, 0.4) is 0 Å². The number of carbonyl (C=O) groups excluding carboxylic acids is 1. The van der Waals surface area contributed by atoms with Gasteiger partial charge in [-0.2, -0.15) is 5.26 Å². The molecular weight excluding hydrogens is 665 g/mol. The quantitative estimate of drug-likeness (QED) is 0.192. The molecule has 258 valence electrons. The van der Waals surface area contributed by atoms with E-state index in [0.29, 0.717) is 72.3 Å². The minimum absolute atomic E-state index is 0.0929. The Balaban J connectivity index is 1.32. The first-order valence-electron chi connectivity index (χ1n) is 17.1. The van der Waals surface area contributed by atoms with Gasteiger partial charge in [-0.25, -0.2) is 12.7 Å². The lowest BCUT2D eigenvalue weighted by molar-refractivity contribution is -0.127. The number of carbonyl (C=O) groups is 1. The summed E-state index contributed by atoms with van der Waals surface area (Å²) in [4.78, 5) is 28.9. The molecule has 51 heavy (non-hydrogen) atoms. The lowest BCUT2D eigenvalue weighted by Crippen LogP contribution is -2.60. The Morgan fingerprint density at radius 3 is 2.47 bits per heavy atom. The largest absolute Gasteiger partial charge is 0.497 e. The molecule has 8 rings (SSSR count). The second-order valence-electron chi connectivity index (χ2n) is 12.9. The van der Waals surface area contributed by atoms with Crippen LogP contribution in [0.2, 0.25) is 0 Å². The van der Waals surface area contributed by atoms with Gasteiger partial charge >= 0.3 is 0 Å². The number of anilines is 2. The maximum Gasteiger partial charge on any atom is 0.273 e. The Kier molecular flexibility index (Phi) is 8.12. The molecule has 1 amide bonds.